The largest absolute Gasteiger partial charge is 0.460 e. The van der Waals surface area contributed by atoms with Crippen molar-refractivity contribution in [2.75, 3.05) is 18.5 Å². The van der Waals surface area contributed by atoms with Gasteiger partial charge in [0.05, 0.1) is 10.6 Å². The third kappa shape index (κ3) is 3.14. The molecular formula is C12H12N4O5. The Hall–Kier alpha value is -2.97. The van der Waals surface area contributed by atoms with Gasteiger partial charge in [-0.3, -0.25) is 10.1 Å². The lowest BCUT2D eigenvalue weighted by molar-refractivity contribution is -0.383. The van der Waals surface area contributed by atoms with E-state index in [-0.39, 0.29) is 23.3 Å². The summed E-state index contributed by atoms with van der Waals surface area (Å²) in [6.45, 7) is 5.44. The van der Waals surface area contributed by atoms with E-state index in [0.717, 1.165) is 0 Å². The number of fused-ring (bicyclic) bond motifs is 1. The molecule has 1 aromatic carbocycles. The number of hydrogen-bond acceptors (Lipinski definition) is 8. The molecule has 2 aromatic rings. The van der Waals surface area contributed by atoms with E-state index in [1.165, 1.54) is 12.1 Å². The number of nitro benzene ring substituents is 1. The molecule has 0 saturated carbocycles. The van der Waals surface area contributed by atoms with E-state index in [4.69, 9.17) is 4.74 Å². The first-order valence-corrected chi connectivity index (χ1v) is 5.97. The fourth-order valence-electron chi connectivity index (χ4n) is 1.60. The van der Waals surface area contributed by atoms with E-state index < -0.39 is 10.9 Å². The lowest BCUT2D eigenvalue weighted by Gasteiger charge is -2.07. The molecule has 0 aliphatic rings. The molecule has 0 spiro atoms. The molecule has 1 heterocycles. The fraction of sp³-hybridized carbons (Fsp3) is 0.250. The highest BCUT2D eigenvalue weighted by Crippen LogP contribution is 2.28. The van der Waals surface area contributed by atoms with Gasteiger partial charge in [0.25, 0.3) is 0 Å². The van der Waals surface area contributed by atoms with Crippen molar-refractivity contribution in [3.63, 3.8) is 0 Å². The first kappa shape index (κ1) is 14.4. The normalized spacial score (nSPS) is 10.3. The molecule has 0 amide bonds. The van der Waals surface area contributed by atoms with E-state index in [1.54, 1.807) is 6.92 Å². The summed E-state index contributed by atoms with van der Waals surface area (Å²) < 4.78 is 9.44. The lowest BCUT2D eigenvalue weighted by Crippen LogP contribution is -2.14. The van der Waals surface area contributed by atoms with E-state index in [9.17, 15) is 14.9 Å². The number of anilines is 1. The molecule has 0 unspecified atom stereocenters. The number of carbonyl (C=O) groups excluding carboxylic acids is 1. The summed E-state index contributed by atoms with van der Waals surface area (Å²) in [7, 11) is 0. The van der Waals surface area contributed by atoms with Gasteiger partial charge in [-0.2, -0.15) is 0 Å². The molecule has 0 fully saturated rings. The Labute approximate surface area is 118 Å². The average molecular weight is 292 g/mol. The topological polar surface area (TPSA) is 120 Å². The number of nitro groups is 1. The second kappa shape index (κ2) is 5.99. The second-order valence-corrected chi connectivity index (χ2v) is 4.19. The number of non-ortho nitro benzene ring substituents is 1. The maximum atomic E-state index is 11.2. The van der Waals surface area contributed by atoms with Gasteiger partial charge < -0.3 is 10.1 Å². The van der Waals surface area contributed by atoms with Crippen LogP contribution in [0.3, 0.4) is 0 Å². The highest BCUT2D eigenvalue weighted by Gasteiger charge is 2.19. The van der Waals surface area contributed by atoms with Gasteiger partial charge in [-0.15, -0.1) is 0 Å². The minimum absolute atomic E-state index is 0.0592. The predicted octanol–water partition coefficient (Wildman–Crippen LogP) is 1.66. The summed E-state index contributed by atoms with van der Waals surface area (Å²) in [5.41, 5.74) is 0.932. The maximum absolute atomic E-state index is 11.2. The molecule has 0 bridgehead atoms. The Morgan fingerprint density at radius 2 is 2.19 bits per heavy atom. The highest BCUT2D eigenvalue weighted by atomic mass is 16.6. The number of carbonyl (C=O) groups is 1. The molecule has 9 nitrogen and oxygen atoms in total. The molecular weight excluding hydrogens is 280 g/mol. The summed E-state index contributed by atoms with van der Waals surface area (Å²) in [5, 5.41) is 20.9. The van der Waals surface area contributed by atoms with Gasteiger partial charge in [0.2, 0.25) is 5.52 Å². The minimum Gasteiger partial charge on any atom is -0.460 e. The number of hydrogen-bond donors (Lipinski definition) is 1. The third-order valence-electron chi connectivity index (χ3n) is 2.59. The number of esters is 1. The SMILES string of the molecule is C=C(C)C(=O)OCCNc1ccc([N+](=O)[O-])c2nonc12. The molecule has 0 saturated heterocycles. The zero-order valence-electron chi connectivity index (χ0n) is 11.2. The molecule has 0 atom stereocenters. The van der Waals surface area contributed by atoms with Crippen LogP contribution in [0.1, 0.15) is 6.92 Å². The van der Waals surface area contributed by atoms with Crippen LogP contribution in [-0.2, 0) is 9.53 Å². The summed E-state index contributed by atoms with van der Waals surface area (Å²) in [6, 6.07) is 2.79. The Morgan fingerprint density at radius 3 is 2.86 bits per heavy atom. The quantitative estimate of drug-likeness (QED) is 0.280. The van der Waals surface area contributed by atoms with Crippen LogP contribution in [0.5, 0.6) is 0 Å². The summed E-state index contributed by atoms with van der Waals surface area (Å²) in [5.74, 6) is -0.478. The Morgan fingerprint density at radius 1 is 1.48 bits per heavy atom. The molecule has 0 aliphatic heterocycles. The van der Waals surface area contributed by atoms with Crippen LogP contribution in [0.4, 0.5) is 11.4 Å². The van der Waals surface area contributed by atoms with Crippen molar-refractivity contribution in [2.45, 2.75) is 6.92 Å². The van der Waals surface area contributed by atoms with Crippen LogP contribution < -0.4 is 5.32 Å². The lowest BCUT2D eigenvalue weighted by atomic mass is 10.2. The van der Waals surface area contributed by atoms with Crippen LogP contribution in [0, 0.1) is 10.1 Å². The Balaban J connectivity index is 2.05. The highest BCUT2D eigenvalue weighted by molar-refractivity contribution is 5.93. The Kier molecular flexibility index (Phi) is 4.12. The molecule has 2 rings (SSSR count). The van der Waals surface area contributed by atoms with E-state index >= 15 is 0 Å². The smallest absolute Gasteiger partial charge is 0.333 e. The van der Waals surface area contributed by atoms with Gasteiger partial charge in [-0.1, -0.05) is 6.58 Å². The fourth-order valence-corrected chi connectivity index (χ4v) is 1.60. The third-order valence-corrected chi connectivity index (χ3v) is 2.59. The second-order valence-electron chi connectivity index (χ2n) is 4.19. The van der Waals surface area contributed by atoms with Gasteiger partial charge >= 0.3 is 11.7 Å². The van der Waals surface area contributed by atoms with Crippen molar-refractivity contribution in [3.05, 3.63) is 34.4 Å². The average Bonchev–Trinajstić information content (AvgIpc) is 2.92. The van der Waals surface area contributed by atoms with Gasteiger partial charge in [-0.05, 0) is 23.3 Å². The van der Waals surface area contributed by atoms with E-state index in [1.807, 2.05) is 0 Å². The molecule has 0 radical (unpaired) electrons. The summed E-state index contributed by atoms with van der Waals surface area (Å²) in [4.78, 5) is 21.5. The zero-order chi connectivity index (χ0) is 15.4. The first-order chi connectivity index (χ1) is 10.0. The van der Waals surface area contributed by atoms with Crippen LogP contribution in [0.25, 0.3) is 11.0 Å². The predicted molar refractivity (Wildman–Crippen MR) is 72.7 cm³/mol. The van der Waals surface area contributed by atoms with Gasteiger partial charge in [0, 0.05) is 18.2 Å². The number of nitrogens with one attached hydrogen (secondary N) is 1. The zero-order valence-corrected chi connectivity index (χ0v) is 11.2. The number of benzene rings is 1. The molecule has 1 N–H and O–H groups in total. The van der Waals surface area contributed by atoms with Crippen LogP contribution in [0.15, 0.2) is 28.9 Å². The number of ether oxygens (including phenoxy) is 1. The monoisotopic (exact) mass is 292 g/mol. The Bertz CT molecular complexity index is 709. The van der Waals surface area contributed by atoms with Crippen LogP contribution in [-0.4, -0.2) is 34.4 Å². The van der Waals surface area contributed by atoms with Crippen molar-refractivity contribution in [1.82, 2.24) is 10.3 Å². The molecule has 0 aliphatic carbocycles. The summed E-state index contributed by atoms with van der Waals surface area (Å²) >= 11 is 0. The van der Waals surface area contributed by atoms with E-state index in [2.05, 4.69) is 26.8 Å². The molecule has 9 heteroatoms. The number of rotatable bonds is 6. The van der Waals surface area contributed by atoms with Gasteiger partial charge in [0.1, 0.15) is 6.61 Å². The maximum Gasteiger partial charge on any atom is 0.333 e. The van der Waals surface area contributed by atoms with Gasteiger partial charge in [0.15, 0.2) is 5.52 Å². The van der Waals surface area contributed by atoms with Crippen molar-refractivity contribution in [2.24, 2.45) is 0 Å². The van der Waals surface area contributed by atoms with Crippen molar-refractivity contribution in [1.29, 1.82) is 0 Å². The van der Waals surface area contributed by atoms with Crippen LogP contribution in [0.2, 0.25) is 0 Å². The van der Waals surface area contributed by atoms with Crippen LogP contribution >= 0.6 is 0 Å². The number of aromatic nitrogens is 2. The summed E-state index contributed by atoms with van der Waals surface area (Å²) in [6.07, 6.45) is 0. The van der Waals surface area contributed by atoms with E-state index in [0.29, 0.717) is 17.8 Å². The van der Waals surface area contributed by atoms with Crippen molar-refractivity contribution in [3.8, 4) is 0 Å². The molecule has 110 valence electrons. The standard InChI is InChI=1S/C12H12N4O5/c1-7(2)12(17)20-6-5-13-8-3-4-9(16(18)19)11-10(8)14-21-15-11/h3-4,13H,1,5-6H2,2H3. The molecule has 1 aromatic heterocycles. The van der Waals surface area contributed by atoms with Crippen molar-refractivity contribution >= 4 is 28.4 Å². The van der Waals surface area contributed by atoms with Crippen molar-refractivity contribution < 1.29 is 19.1 Å². The van der Waals surface area contributed by atoms with Gasteiger partial charge in [-0.25, -0.2) is 9.42 Å². The first-order valence-electron chi connectivity index (χ1n) is 5.97. The molecule has 21 heavy (non-hydrogen) atoms. The number of nitrogens with zero attached hydrogens (tertiary/aromatic N) is 3. The minimum atomic E-state index is -0.565.